The summed E-state index contributed by atoms with van der Waals surface area (Å²) < 4.78 is 37.4. The van der Waals surface area contributed by atoms with Crippen LogP contribution in [0.1, 0.15) is 42.7 Å². The molecule has 3 aromatic rings. The van der Waals surface area contributed by atoms with Crippen molar-refractivity contribution in [3.63, 3.8) is 0 Å². The number of allylic oxidation sites excluding steroid dienone is 1. The van der Waals surface area contributed by atoms with Gasteiger partial charge in [0.25, 0.3) is 0 Å². The van der Waals surface area contributed by atoms with Crippen LogP contribution in [0, 0.1) is 23.4 Å². The van der Waals surface area contributed by atoms with Gasteiger partial charge in [-0.15, -0.1) is 0 Å². The predicted molar refractivity (Wildman–Crippen MR) is 141 cm³/mol. The van der Waals surface area contributed by atoms with Gasteiger partial charge in [0.05, 0.1) is 0 Å². The van der Waals surface area contributed by atoms with Crippen LogP contribution in [0.15, 0.2) is 48.7 Å². The molecule has 0 saturated carbocycles. The molecule has 0 bridgehead atoms. The molecule has 38 heavy (non-hydrogen) atoms. The first-order chi connectivity index (χ1) is 18.4. The van der Waals surface area contributed by atoms with Gasteiger partial charge in [0.2, 0.25) is 0 Å². The molecule has 2 aromatic carbocycles. The van der Waals surface area contributed by atoms with Crippen molar-refractivity contribution in [3.8, 4) is 0 Å². The third-order valence-electron chi connectivity index (χ3n) is 7.60. The lowest BCUT2D eigenvalue weighted by Crippen LogP contribution is -2.48. The largest absolute Gasteiger partial charge is 0.361 e. The number of rotatable bonds is 6. The number of carbonyl (C=O) groups excluding carboxylic acids is 1. The summed E-state index contributed by atoms with van der Waals surface area (Å²) >= 11 is 0. The number of benzene rings is 2. The Morgan fingerprint density at radius 1 is 1.03 bits per heavy atom. The number of halogens is 3. The molecule has 2 saturated heterocycles. The number of fused-ring (bicyclic) bond motifs is 1. The molecule has 2 fully saturated rings. The molecule has 0 aliphatic carbocycles. The van der Waals surface area contributed by atoms with Gasteiger partial charge >= 0.3 is 0 Å². The van der Waals surface area contributed by atoms with Crippen molar-refractivity contribution in [1.82, 2.24) is 14.8 Å². The van der Waals surface area contributed by atoms with Crippen molar-refractivity contribution in [1.29, 1.82) is 0 Å². The van der Waals surface area contributed by atoms with Crippen LogP contribution in [-0.2, 0) is 9.68 Å². The number of aldehydes is 1. The smallest absolute Gasteiger partial charge is 0.194 e. The molecule has 0 amide bonds. The lowest BCUT2D eigenvalue weighted by Gasteiger charge is -2.41. The number of nitrogens with zero attached hydrogens (tertiary/aromatic N) is 2. The van der Waals surface area contributed by atoms with E-state index in [0.717, 1.165) is 70.1 Å². The van der Waals surface area contributed by atoms with E-state index in [9.17, 15) is 23.2 Å². The molecule has 1 aromatic heterocycles. The zero-order chi connectivity index (χ0) is 27.1. The zero-order valence-corrected chi connectivity index (χ0v) is 21.5. The normalized spacial score (nSPS) is 19.0. The molecule has 0 radical (unpaired) electrons. The molecule has 2 aliphatic rings. The molecule has 204 valence electrons. The molecule has 0 unspecified atom stereocenters. The van der Waals surface area contributed by atoms with Gasteiger partial charge < -0.3 is 9.88 Å². The molecule has 6 nitrogen and oxygen atoms in total. The third-order valence-corrected chi connectivity index (χ3v) is 7.60. The average molecular weight is 530 g/mol. The van der Waals surface area contributed by atoms with Gasteiger partial charge in [0.15, 0.2) is 17.5 Å². The number of likely N-dealkylation sites (tertiary alicyclic amines) is 2. The Balaban J connectivity index is 0.000000219. The van der Waals surface area contributed by atoms with Gasteiger partial charge in [0.1, 0.15) is 12.5 Å². The minimum Gasteiger partial charge on any atom is -0.361 e. The van der Waals surface area contributed by atoms with Crippen LogP contribution >= 0.6 is 0 Å². The molecule has 9 heteroatoms. The number of aromatic nitrogens is 1. The minimum absolute atomic E-state index is 0.100. The first-order valence-electron chi connectivity index (χ1n) is 13.0. The molecular formula is C29H34F3N3O3. The van der Waals surface area contributed by atoms with Crippen molar-refractivity contribution >= 4 is 23.3 Å². The first-order valence-corrected chi connectivity index (χ1v) is 13.0. The summed E-state index contributed by atoms with van der Waals surface area (Å²) in [6, 6.07) is 10.2. The van der Waals surface area contributed by atoms with Gasteiger partial charge in [-0.2, -0.15) is 0 Å². The number of aromatic amines is 1. The average Bonchev–Trinajstić information content (AvgIpc) is 3.37. The fraction of sp³-hybridized carbons (Fsp3) is 0.414. The maximum Gasteiger partial charge on any atom is 0.194 e. The summed E-state index contributed by atoms with van der Waals surface area (Å²) in [5.41, 5.74) is 2.77. The Hall–Kier alpha value is -2.98. The fourth-order valence-electron chi connectivity index (χ4n) is 5.48. The van der Waals surface area contributed by atoms with E-state index in [4.69, 9.17) is 4.89 Å². The maximum atomic E-state index is 12.5. The Kier molecular flexibility index (Phi) is 9.74. The van der Waals surface area contributed by atoms with E-state index in [1.54, 1.807) is 0 Å². The lowest BCUT2D eigenvalue weighted by atomic mass is 9.87. The fourth-order valence-corrected chi connectivity index (χ4v) is 5.48. The predicted octanol–water partition coefficient (Wildman–Crippen LogP) is 5.82. The highest BCUT2D eigenvalue weighted by Gasteiger charge is 2.34. The van der Waals surface area contributed by atoms with Gasteiger partial charge in [-0.3, -0.25) is 15.0 Å². The minimum atomic E-state index is -1.51. The van der Waals surface area contributed by atoms with Crippen LogP contribution in [0.25, 0.3) is 17.0 Å². The highest BCUT2D eigenvalue weighted by atomic mass is 19.2. The van der Waals surface area contributed by atoms with Crippen molar-refractivity contribution in [2.75, 3.05) is 33.2 Å². The Bertz CT molecular complexity index is 1210. The summed E-state index contributed by atoms with van der Waals surface area (Å²) in [6.07, 6.45) is 9.18. The number of para-hydroxylation sites is 1. The molecule has 1 atom stereocenters. The number of hydrogen-bond acceptors (Lipinski definition) is 5. The highest BCUT2D eigenvalue weighted by molar-refractivity contribution is 5.83. The highest BCUT2D eigenvalue weighted by Crippen LogP contribution is 2.35. The van der Waals surface area contributed by atoms with Crippen LogP contribution < -0.4 is 0 Å². The van der Waals surface area contributed by atoms with Crippen LogP contribution in [0.5, 0.6) is 0 Å². The molecule has 3 heterocycles. The maximum absolute atomic E-state index is 12.5. The number of hydrogen-bond donors (Lipinski definition) is 2. The summed E-state index contributed by atoms with van der Waals surface area (Å²) in [5, 5.41) is 10.9. The van der Waals surface area contributed by atoms with Crippen molar-refractivity contribution in [2.24, 2.45) is 5.92 Å². The lowest BCUT2D eigenvalue weighted by molar-refractivity contribution is -0.330. The second kappa shape index (κ2) is 13.2. The van der Waals surface area contributed by atoms with E-state index in [0.29, 0.717) is 18.1 Å². The van der Waals surface area contributed by atoms with E-state index in [1.165, 1.54) is 22.5 Å². The number of nitrogens with one attached hydrogen (secondary N) is 1. The number of carbonyl (C=O) groups is 1. The molecule has 2 N–H and O–H groups in total. The molecule has 2 aliphatic heterocycles. The molecule has 5 rings (SSSR count). The second-order valence-corrected chi connectivity index (χ2v) is 10.0. The monoisotopic (exact) mass is 529 g/mol. The van der Waals surface area contributed by atoms with Gasteiger partial charge in [0, 0.05) is 36.1 Å². The van der Waals surface area contributed by atoms with E-state index in [2.05, 4.69) is 52.3 Å². The van der Waals surface area contributed by atoms with Gasteiger partial charge in [-0.25, -0.2) is 18.1 Å². The summed E-state index contributed by atoms with van der Waals surface area (Å²) in [4.78, 5) is 22.9. The number of piperidine rings is 2. The standard InChI is InChI=1S/C20H29N3O2.C9H5F3O/c1-22-10-6-16(7-11-22)20(25-24)23-12-8-15(9-13-23)18-14-21-19-5-3-2-4-17(18)19;10-7-4-6(2-1-3-13)5-8(11)9(7)12/h2-5,14-16,20-21,24H,6-13H2,1H3;1-5H/b;2-1+/t20-;/m1./s1. The van der Waals surface area contributed by atoms with E-state index >= 15 is 0 Å². The zero-order valence-electron chi connectivity index (χ0n) is 21.5. The van der Waals surface area contributed by atoms with Crippen LogP contribution in [-0.4, -0.2) is 65.8 Å². The topological polar surface area (TPSA) is 68.8 Å². The van der Waals surface area contributed by atoms with Crippen LogP contribution in [0.2, 0.25) is 0 Å². The first kappa shape index (κ1) is 28.0. The van der Waals surface area contributed by atoms with Crippen LogP contribution in [0.3, 0.4) is 0 Å². The van der Waals surface area contributed by atoms with E-state index in [1.807, 2.05) is 0 Å². The van der Waals surface area contributed by atoms with E-state index in [-0.39, 0.29) is 11.8 Å². The molecular weight excluding hydrogens is 495 g/mol. The van der Waals surface area contributed by atoms with Crippen molar-refractivity contribution < 1.29 is 28.1 Å². The third kappa shape index (κ3) is 6.71. The Morgan fingerprint density at radius 3 is 2.32 bits per heavy atom. The second-order valence-electron chi connectivity index (χ2n) is 10.0. The Labute approximate surface area is 220 Å². The quantitative estimate of drug-likeness (QED) is 0.138. The summed E-state index contributed by atoms with van der Waals surface area (Å²) in [7, 11) is 2.16. The Morgan fingerprint density at radius 2 is 1.68 bits per heavy atom. The van der Waals surface area contributed by atoms with Crippen molar-refractivity contribution in [3.05, 3.63) is 77.2 Å². The van der Waals surface area contributed by atoms with Gasteiger partial charge in [-0.05, 0) is 87.1 Å². The van der Waals surface area contributed by atoms with Crippen LogP contribution in [0.4, 0.5) is 13.2 Å². The SMILES string of the molecule is CN1CCC([C@@H](OO)N2CCC(c3c[nH]c4ccccc34)CC2)CC1.O=C/C=C/c1cc(F)c(F)c(F)c1. The van der Waals surface area contributed by atoms with Gasteiger partial charge in [-0.1, -0.05) is 24.3 Å². The summed E-state index contributed by atoms with van der Waals surface area (Å²) in [5.74, 6) is -3.03. The number of H-pyrrole nitrogens is 1. The van der Waals surface area contributed by atoms with E-state index < -0.39 is 17.5 Å². The van der Waals surface area contributed by atoms with Crippen molar-refractivity contribution in [2.45, 2.75) is 37.8 Å². The summed E-state index contributed by atoms with van der Waals surface area (Å²) in [6.45, 7) is 4.16. The molecule has 0 spiro atoms.